The molecule has 7 nitrogen and oxygen atoms in total. The molecule has 0 heterocycles. The third-order valence-electron chi connectivity index (χ3n) is 2.97. The van der Waals surface area contributed by atoms with Crippen LogP contribution in [0.4, 0.5) is 4.79 Å². The van der Waals surface area contributed by atoms with Gasteiger partial charge in [0.15, 0.2) is 0 Å². The van der Waals surface area contributed by atoms with Crippen LogP contribution in [0, 0.1) is 5.92 Å². The SMILES string of the molecule is CC(C)OC(=O)[C@H](C)CNC(=O)CNC(=O)OCc1ccccc1. The Kier molecular flexibility index (Phi) is 8.32. The largest absolute Gasteiger partial charge is 0.463 e. The van der Waals surface area contributed by atoms with Crippen LogP contribution in [0.2, 0.25) is 0 Å². The van der Waals surface area contributed by atoms with Gasteiger partial charge in [-0.3, -0.25) is 9.59 Å². The first kappa shape index (κ1) is 19.5. The lowest BCUT2D eigenvalue weighted by Crippen LogP contribution is -2.40. The highest BCUT2D eigenvalue weighted by atomic mass is 16.5. The lowest BCUT2D eigenvalue weighted by atomic mass is 10.2. The van der Waals surface area contributed by atoms with Crippen molar-refractivity contribution in [3.8, 4) is 0 Å². The van der Waals surface area contributed by atoms with Crippen molar-refractivity contribution in [2.75, 3.05) is 13.1 Å². The molecule has 0 aromatic heterocycles. The molecule has 1 aromatic rings. The molecular formula is C17H24N2O5. The standard InChI is InChI=1S/C17H24N2O5/c1-12(2)24-16(21)13(3)9-18-15(20)10-19-17(22)23-11-14-7-5-4-6-8-14/h4-8,12-13H,9-11H2,1-3H3,(H,18,20)(H,19,22)/t13-/m1/s1. The van der Waals surface area contributed by atoms with E-state index in [-0.39, 0.29) is 31.8 Å². The van der Waals surface area contributed by atoms with Crippen LogP contribution in [0.1, 0.15) is 26.3 Å². The minimum absolute atomic E-state index is 0.131. The Bertz CT molecular complexity index is 545. The van der Waals surface area contributed by atoms with Crippen LogP contribution in [0.25, 0.3) is 0 Å². The first-order valence-corrected chi connectivity index (χ1v) is 7.80. The highest BCUT2D eigenvalue weighted by molar-refractivity contribution is 5.82. The molecule has 0 aliphatic rings. The Hall–Kier alpha value is -2.57. The smallest absolute Gasteiger partial charge is 0.407 e. The van der Waals surface area contributed by atoms with Crippen LogP contribution in [-0.4, -0.2) is 37.2 Å². The molecule has 1 atom stereocenters. The summed E-state index contributed by atoms with van der Waals surface area (Å²) in [5.74, 6) is -1.24. The van der Waals surface area contributed by atoms with E-state index in [1.54, 1.807) is 20.8 Å². The number of rotatable bonds is 8. The van der Waals surface area contributed by atoms with Gasteiger partial charge in [0.25, 0.3) is 0 Å². The number of benzene rings is 1. The minimum atomic E-state index is -0.679. The van der Waals surface area contributed by atoms with E-state index in [0.717, 1.165) is 5.56 Å². The molecule has 0 aliphatic carbocycles. The monoisotopic (exact) mass is 336 g/mol. The topological polar surface area (TPSA) is 93.7 Å². The summed E-state index contributed by atoms with van der Waals surface area (Å²) >= 11 is 0. The highest BCUT2D eigenvalue weighted by Crippen LogP contribution is 2.01. The van der Waals surface area contributed by atoms with Crippen molar-refractivity contribution in [1.82, 2.24) is 10.6 Å². The number of hydrogen-bond acceptors (Lipinski definition) is 5. The molecule has 0 aliphatic heterocycles. The molecule has 132 valence electrons. The Labute approximate surface area is 141 Å². The Morgan fingerprint density at radius 3 is 2.33 bits per heavy atom. The Morgan fingerprint density at radius 1 is 1.04 bits per heavy atom. The quantitative estimate of drug-likeness (QED) is 0.704. The molecule has 0 radical (unpaired) electrons. The Morgan fingerprint density at radius 2 is 1.71 bits per heavy atom. The van der Waals surface area contributed by atoms with E-state index < -0.39 is 17.9 Å². The number of alkyl carbamates (subject to hydrolysis) is 1. The van der Waals surface area contributed by atoms with Crippen molar-refractivity contribution in [3.63, 3.8) is 0 Å². The lowest BCUT2D eigenvalue weighted by molar-refractivity contribution is -0.151. The third-order valence-corrected chi connectivity index (χ3v) is 2.97. The van der Waals surface area contributed by atoms with Gasteiger partial charge < -0.3 is 20.1 Å². The molecule has 0 saturated carbocycles. The molecular weight excluding hydrogens is 312 g/mol. The van der Waals surface area contributed by atoms with Crippen molar-refractivity contribution in [3.05, 3.63) is 35.9 Å². The number of amides is 2. The Balaban J connectivity index is 2.18. The zero-order valence-electron chi connectivity index (χ0n) is 14.2. The molecule has 0 bridgehead atoms. The second-order valence-electron chi connectivity index (χ2n) is 5.61. The van der Waals surface area contributed by atoms with Gasteiger partial charge in [0.05, 0.1) is 18.6 Å². The summed E-state index contributed by atoms with van der Waals surface area (Å²) in [4.78, 5) is 34.7. The zero-order valence-corrected chi connectivity index (χ0v) is 14.2. The second-order valence-corrected chi connectivity index (χ2v) is 5.61. The van der Waals surface area contributed by atoms with E-state index >= 15 is 0 Å². The molecule has 1 rings (SSSR count). The summed E-state index contributed by atoms with van der Waals surface area (Å²) < 4.78 is 10.0. The molecule has 0 fully saturated rings. The maximum atomic E-state index is 11.6. The van der Waals surface area contributed by atoms with Crippen LogP contribution in [0.3, 0.4) is 0 Å². The van der Waals surface area contributed by atoms with Gasteiger partial charge in [-0.15, -0.1) is 0 Å². The van der Waals surface area contributed by atoms with Crippen molar-refractivity contribution < 1.29 is 23.9 Å². The second kappa shape index (κ2) is 10.3. The van der Waals surface area contributed by atoms with E-state index in [9.17, 15) is 14.4 Å². The van der Waals surface area contributed by atoms with Crippen LogP contribution < -0.4 is 10.6 Å². The van der Waals surface area contributed by atoms with Gasteiger partial charge in [-0.2, -0.15) is 0 Å². The first-order chi connectivity index (χ1) is 11.4. The number of carbonyl (C=O) groups is 3. The molecule has 1 aromatic carbocycles. The number of carbonyl (C=O) groups excluding carboxylic acids is 3. The van der Waals surface area contributed by atoms with Gasteiger partial charge >= 0.3 is 12.1 Å². The maximum Gasteiger partial charge on any atom is 0.407 e. The minimum Gasteiger partial charge on any atom is -0.463 e. The highest BCUT2D eigenvalue weighted by Gasteiger charge is 2.16. The predicted octanol–water partition coefficient (Wildman–Crippen LogP) is 1.62. The summed E-state index contributed by atoms with van der Waals surface area (Å²) in [5, 5.41) is 4.90. The summed E-state index contributed by atoms with van der Waals surface area (Å²) in [6.07, 6.45) is -0.877. The van der Waals surface area contributed by atoms with Gasteiger partial charge in [0.1, 0.15) is 6.61 Å². The van der Waals surface area contributed by atoms with E-state index in [2.05, 4.69) is 10.6 Å². The molecule has 7 heteroatoms. The fourth-order valence-corrected chi connectivity index (χ4v) is 1.69. The van der Waals surface area contributed by atoms with E-state index in [4.69, 9.17) is 9.47 Å². The van der Waals surface area contributed by atoms with E-state index in [0.29, 0.717) is 0 Å². The van der Waals surface area contributed by atoms with Gasteiger partial charge in [0, 0.05) is 6.54 Å². The number of ether oxygens (including phenoxy) is 2. The summed E-state index contributed by atoms with van der Waals surface area (Å²) in [6, 6.07) is 9.21. The average Bonchev–Trinajstić information content (AvgIpc) is 2.56. The predicted molar refractivity (Wildman–Crippen MR) is 88.0 cm³/mol. The number of nitrogens with one attached hydrogen (secondary N) is 2. The van der Waals surface area contributed by atoms with Gasteiger partial charge in [-0.1, -0.05) is 37.3 Å². The fourth-order valence-electron chi connectivity index (χ4n) is 1.69. The van der Waals surface area contributed by atoms with Crippen LogP contribution in [0.5, 0.6) is 0 Å². The van der Waals surface area contributed by atoms with Gasteiger partial charge in [0.2, 0.25) is 5.91 Å². The summed E-state index contributed by atoms with van der Waals surface area (Å²) in [7, 11) is 0. The lowest BCUT2D eigenvalue weighted by Gasteiger charge is -2.14. The molecule has 0 spiro atoms. The summed E-state index contributed by atoms with van der Waals surface area (Å²) in [6.45, 7) is 5.23. The van der Waals surface area contributed by atoms with Crippen LogP contribution in [0.15, 0.2) is 30.3 Å². The van der Waals surface area contributed by atoms with Crippen LogP contribution in [-0.2, 0) is 25.7 Å². The van der Waals surface area contributed by atoms with Crippen LogP contribution >= 0.6 is 0 Å². The first-order valence-electron chi connectivity index (χ1n) is 7.80. The van der Waals surface area contributed by atoms with Crippen molar-refractivity contribution in [2.24, 2.45) is 5.92 Å². The normalized spacial score (nSPS) is 11.5. The number of hydrogen-bond donors (Lipinski definition) is 2. The van der Waals surface area contributed by atoms with Crippen molar-refractivity contribution in [2.45, 2.75) is 33.5 Å². The molecule has 24 heavy (non-hydrogen) atoms. The summed E-state index contributed by atoms with van der Waals surface area (Å²) in [5.41, 5.74) is 0.856. The van der Waals surface area contributed by atoms with Gasteiger partial charge in [-0.05, 0) is 19.4 Å². The molecule has 0 unspecified atom stereocenters. The molecule has 2 N–H and O–H groups in total. The van der Waals surface area contributed by atoms with E-state index in [1.807, 2.05) is 30.3 Å². The fraction of sp³-hybridized carbons (Fsp3) is 0.471. The van der Waals surface area contributed by atoms with E-state index in [1.165, 1.54) is 0 Å². The average molecular weight is 336 g/mol. The maximum absolute atomic E-state index is 11.6. The molecule has 2 amide bonds. The third kappa shape index (κ3) is 8.17. The zero-order chi connectivity index (χ0) is 17.9. The van der Waals surface area contributed by atoms with Crippen molar-refractivity contribution in [1.29, 1.82) is 0 Å². The van der Waals surface area contributed by atoms with Gasteiger partial charge in [-0.25, -0.2) is 4.79 Å². The van der Waals surface area contributed by atoms with Crippen molar-refractivity contribution >= 4 is 18.0 Å². The molecule has 0 saturated heterocycles. The number of esters is 1.